The molecule has 0 saturated heterocycles. The first-order valence-electron chi connectivity index (χ1n) is 6.90. The van der Waals surface area contributed by atoms with Gasteiger partial charge in [0, 0.05) is 35.7 Å². The summed E-state index contributed by atoms with van der Waals surface area (Å²) in [6.07, 6.45) is 1.71. The first kappa shape index (κ1) is 14.4. The van der Waals surface area contributed by atoms with Crippen LogP contribution >= 0.6 is 11.6 Å². The average Bonchev–Trinajstić information content (AvgIpc) is 2.57. The molecule has 2 aromatic carbocycles. The molecular formula is C18H15ClN2O. The van der Waals surface area contributed by atoms with Gasteiger partial charge in [-0.2, -0.15) is 0 Å². The van der Waals surface area contributed by atoms with E-state index in [4.69, 9.17) is 16.3 Å². The third kappa shape index (κ3) is 3.38. The second-order valence-electron chi connectivity index (χ2n) is 4.80. The van der Waals surface area contributed by atoms with E-state index in [-0.39, 0.29) is 0 Å². The van der Waals surface area contributed by atoms with Gasteiger partial charge in [0.05, 0.1) is 0 Å². The van der Waals surface area contributed by atoms with Crippen LogP contribution in [0.15, 0.2) is 72.9 Å². The van der Waals surface area contributed by atoms with Gasteiger partial charge in [0.25, 0.3) is 0 Å². The van der Waals surface area contributed by atoms with Gasteiger partial charge in [-0.1, -0.05) is 17.7 Å². The Morgan fingerprint density at radius 2 is 1.50 bits per heavy atom. The minimum atomic E-state index is 0.585. The number of pyridine rings is 1. The van der Waals surface area contributed by atoms with Crippen molar-refractivity contribution in [3.63, 3.8) is 0 Å². The summed E-state index contributed by atoms with van der Waals surface area (Å²) in [5.74, 6) is 1.34. The van der Waals surface area contributed by atoms with E-state index in [1.807, 2.05) is 73.8 Å². The van der Waals surface area contributed by atoms with Crippen molar-refractivity contribution >= 4 is 23.0 Å². The Kier molecular flexibility index (Phi) is 4.26. The van der Waals surface area contributed by atoms with Gasteiger partial charge in [-0.15, -0.1) is 0 Å². The van der Waals surface area contributed by atoms with E-state index >= 15 is 0 Å². The maximum Gasteiger partial charge on any atom is 0.219 e. The van der Waals surface area contributed by atoms with Crippen LogP contribution in [-0.4, -0.2) is 12.0 Å². The van der Waals surface area contributed by atoms with Crippen molar-refractivity contribution in [2.45, 2.75) is 0 Å². The van der Waals surface area contributed by atoms with Gasteiger partial charge in [0.1, 0.15) is 5.75 Å². The minimum absolute atomic E-state index is 0.585. The third-order valence-corrected chi connectivity index (χ3v) is 3.55. The summed E-state index contributed by atoms with van der Waals surface area (Å²) in [4.78, 5) is 6.23. The molecule has 0 atom stereocenters. The maximum atomic E-state index is 5.92. The Morgan fingerprint density at radius 1 is 0.864 bits per heavy atom. The van der Waals surface area contributed by atoms with Crippen molar-refractivity contribution in [2.75, 3.05) is 11.9 Å². The topological polar surface area (TPSA) is 25.4 Å². The Labute approximate surface area is 134 Å². The Morgan fingerprint density at radius 3 is 2.09 bits per heavy atom. The fraction of sp³-hybridized carbons (Fsp3) is 0.0556. The maximum absolute atomic E-state index is 5.92. The second kappa shape index (κ2) is 6.50. The molecule has 0 fully saturated rings. The molecule has 0 unspecified atom stereocenters. The van der Waals surface area contributed by atoms with Crippen LogP contribution in [0.2, 0.25) is 5.02 Å². The normalized spacial score (nSPS) is 10.3. The fourth-order valence-electron chi connectivity index (χ4n) is 2.08. The summed E-state index contributed by atoms with van der Waals surface area (Å²) >= 11 is 5.92. The van der Waals surface area contributed by atoms with E-state index < -0.39 is 0 Å². The molecule has 1 aromatic heterocycles. The number of rotatable bonds is 4. The molecule has 0 N–H and O–H groups in total. The van der Waals surface area contributed by atoms with Crippen molar-refractivity contribution in [1.29, 1.82) is 0 Å². The zero-order chi connectivity index (χ0) is 15.4. The van der Waals surface area contributed by atoms with Crippen LogP contribution in [0.5, 0.6) is 11.6 Å². The van der Waals surface area contributed by atoms with E-state index in [0.717, 1.165) is 22.1 Å². The molecular weight excluding hydrogens is 296 g/mol. The molecule has 0 spiro atoms. The average molecular weight is 311 g/mol. The lowest BCUT2D eigenvalue weighted by atomic mass is 10.2. The number of hydrogen-bond acceptors (Lipinski definition) is 3. The van der Waals surface area contributed by atoms with E-state index in [2.05, 4.69) is 9.88 Å². The first-order chi connectivity index (χ1) is 10.7. The number of hydrogen-bond donors (Lipinski definition) is 0. The summed E-state index contributed by atoms with van der Waals surface area (Å²) in [7, 11) is 2.01. The molecule has 1 heterocycles. The molecule has 0 radical (unpaired) electrons. The second-order valence-corrected chi connectivity index (χ2v) is 5.24. The number of aromatic nitrogens is 1. The lowest BCUT2D eigenvalue weighted by Crippen LogP contribution is -2.08. The molecule has 0 aliphatic rings. The van der Waals surface area contributed by atoms with Gasteiger partial charge in [-0.3, -0.25) is 0 Å². The summed E-state index contributed by atoms with van der Waals surface area (Å²) in [6.45, 7) is 0. The first-order valence-corrected chi connectivity index (χ1v) is 7.28. The van der Waals surface area contributed by atoms with Gasteiger partial charge in [0.15, 0.2) is 0 Å². The van der Waals surface area contributed by atoms with Crippen LogP contribution in [0.3, 0.4) is 0 Å². The highest BCUT2D eigenvalue weighted by Gasteiger charge is 2.05. The molecule has 22 heavy (non-hydrogen) atoms. The zero-order valence-corrected chi connectivity index (χ0v) is 12.9. The lowest BCUT2D eigenvalue weighted by molar-refractivity contribution is 0.463. The standard InChI is InChI=1S/C18H15ClN2O/c1-21(15-7-5-14(19)6-8-15)16-9-11-17(12-10-16)22-18-4-2-3-13-20-18/h2-13H,1H3. The monoisotopic (exact) mass is 310 g/mol. The van der Waals surface area contributed by atoms with Gasteiger partial charge < -0.3 is 9.64 Å². The quantitative estimate of drug-likeness (QED) is 0.654. The number of ether oxygens (including phenoxy) is 1. The molecule has 4 heteroatoms. The highest BCUT2D eigenvalue weighted by molar-refractivity contribution is 6.30. The molecule has 0 aliphatic carbocycles. The van der Waals surface area contributed by atoms with Gasteiger partial charge >= 0.3 is 0 Å². The number of anilines is 2. The van der Waals surface area contributed by atoms with Crippen LogP contribution in [0.25, 0.3) is 0 Å². The highest BCUT2D eigenvalue weighted by atomic mass is 35.5. The third-order valence-electron chi connectivity index (χ3n) is 3.30. The molecule has 0 saturated carbocycles. The van der Waals surface area contributed by atoms with Gasteiger partial charge in [-0.05, 0) is 54.6 Å². The Bertz CT molecular complexity index is 727. The summed E-state index contributed by atoms with van der Waals surface area (Å²) in [5, 5.41) is 0.733. The van der Waals surface area contributed by atoms with Gasteiger partial charge in [-0.25, -0.2) is 4.98 Å². The summed E-state index contributed by atoms with van der Waals surface area (Å²) in [5.41, 5.74) is 2.14. The molecule has 0 amide bonds. The molecule has 0 bridgehead atoms. The van der Waals surface area contributed by atoms with Crippen molar-refractivity contribution < 1.29 is 4.74 Å². The van der Waals surface area contributed by atoms with Gasteiger partial charge in [0.2, 0.25) is 5.88 Å². The van der Waals surface area contributed by atoms with Crippen LogP contribution < -0.4 is 9.64 Å². The zero-order valence-electron chi connectivity index (χ0n) is 12.1. The minimum Gasteiger partial charge on any atom is -0.439 e. The molecule has 0 aliphatic heterocycles. The molecule has 3 nitrogen and oxygen atoms in total. The smallest absolute Gasteiger partial charge is 0.219 e. The number of halogens is 1. The molecule has 110 valence electrons. The lowest BCUT2D eigenvalue weighted by Gasteiger charge is -2.19. The van der Waals surface area contributed by atoms with Crippen LogP contribution in [-0.2, 0) is 0 Å². The van der Waals surface area contributed by atoms with E-state index in [9.17, 15) is 0 Å². The van der Waals surface area contributed by atoms with E-state index in [1.54, 1.807) is 6.20 Å². The number of benzene rings is 2. The number of nitrogens with zero attached hydrogens (tertiary/aromatic N) is 2. The van der Waals surface area contributed by atoms with Crippen LogP contribution in [0.4, 0.5) is 11.4 Å². The Balaban J connectivity index is 1.75. The van der Waals surface area contributed by atoms with Crippen molar-refractivity contribution in [2.24, 2.45) is 0 Å². The van der Waals surface area contributed by atoms with Crippen LogP contribution in [0, 0.1) is 0 Å². The largest absolute Gasteiger partial charge is 0.439 e. The van der Waals surface area contributed by atoms with Crippen LogP contribution in [0.1, 0.15) is 0 Å². The van der Waals surface area contributed by atoms with Crippen molar-refractivity contribution in [3.05, 3.63) is 77.9 Å². The highest BCUT2D eigenvalue weighted by Crippen LogP contribution is 2.27. The predicted octanol–water partition coefficient (Wildman–Crippen LogP) is 5.30. The SMILES string of the molecule is CN(c1ccc(Cl)cc1)c1ccc(Oc2ccccn2)cc1. The molecule has 3 rings (SSSR count). The predicted molar refractivity (Wildman–Crippen MR) is 90.3 cm³/mol. The van der Waals surface area contributed by atoms with E-state index in [1.165, 1.54) is 0 Å². The van der Waals surface area contributed by atoms with Crippen molar-refractivity contribution in [3.8, 4) is 11.6 Å². The van der Waals surface area contributed by atoms with E-state index in [0.29, 0.717) is 5.88 Å². The summed E-state index contributed by atoms with van der Waals surface area (Å²) < 4.78 is 5.69. The molecule has 3 aromatic rings. The fourth-order valence-corrected chi connectivity index (χ4v) is 2.21. The summed E-state index contributed by atoms with van der Waals surface area (Å²) in [6, 6.07) is 21.2. The van der Waals surface area contributed by atoms with Crippen molar-refractivity contribution in [1.82, 2.24) is 4.98 Å². The Hall–Kier alpha value is -2.52.